The van der Waals surface area contributed by atoms with Gasteiger partial charge in [-0.25, -0.2) is 0 Å². The quantitative estimate of drug-likeness (QED) is 0.408. The molecule has 3 heterocycles. The van der Waals surface area contributed by atoms with Crippen molar-refractivity contribution < 1.29 is 19.4 Å². The van der Waals surface area contributed by atoms with Crippen molar-refractivity contribution >= 4 is 45.3 Å². The molecule has 1 N–H and O–H groups in total. The highest BCUT2D eigenvalue weighted by Crippen LogP contribution is 2.43. The molecule has 1 atom stereocenters. The fourth-order valence-corrected chi connectivity index (χ4v) is 4.14. The zero-order valence-electron chi connectivity index (χ0n) is 13.9. The Morgan fingerprint density at radius 1 is 1.19 bits per heavy atom. The average Bonchev–Trinajstić information content (AvgIpc) is 3.43. The lowest BCUT2D eigenvalue weighted by atomic mass is 10.0. The Balaban J connectivity index is 1.88. The number of ketones is 1. The number of rotatable bonds is 4. The van der Waals surface area contributed by atoms with Crippen LogP contribution >= 0.6 is 22.7 Å². The topological polar surface area (TPSA) is 106 Å². The van der Waals surface area contributed by atoms with E-state index in [1.807, 2.05) is 0 Å². The number of ether oxygens (including phenoxy) is 1. The van der Waals surface area contributed by atoms with Crippen molar-refractivity contribution in [1.82, 2.24) is 15.2 Å². The number of methoxy groups -OCH3 is 1. The number of anilines is 1. The molecule has 4 rings (SSSR count). The van der Waals surface area contributed by atoms with E-state index in [9.17, 15) is 14.7 Å². The Kier molecular flexibility index (Phi) is 4.42. The van der Waals surface area contributed by atoms with E-state index in [-0.39, 0.29) is 16.5 Å². The first kappa shape index (κ1) is 17.3. The second-order valence-electron chi connectivity index (χ2n) is 5.52. The molecule has 1 amide bonds. The maximum Gasteiger partial charge on any atom is 0.301 e. The predicted octanol–water partition coefficient (Wildman–Crippen LogP) is 2.63. The molecule has 2 aromatic heterocycles. The Morgan fingerprint density at radius 2 is 1.96 bits per heavy atom. The van der Waals surface area contributed by atoms with Gasteiger partial charge in [0, 0.05) is 11.8 Å². The van der Waals surface area contributed by atoms with Crippen LogP contribution < -0.4 is 9.64 Å². The summed E-state index contributed by atoms with van der Waals surface area (Å²) in [6, 6.07) is 5.76. The minimum absolute atomic E-state index is 0.00961. The third-order valence-corrected chi connectivity index (χ3v) is 5.60. The number of thiazole rings is 1. The Morgan fingerprint density at radius 3 is 2.56 bits per heavy atom. The van der Waals surface area contributed by atoms with Crippen LogP contribution in [0.2, 0.25) is 0 Å². The smallest absolute Gasteiger partial charge is 0.301 e. The molecule has 1 aliphatic rings. The van der Waals surface area contributed by atoms with Gasteiger partial charge in [0.05, 0.1) is 23.1 Å². The lowest BCUT2D eigenvalue weighted by Crippen LogP contribution is -2.29. The number of carbonyl (C=O) groups excluding carboxylic acids is 2. The van der Waals surface area contributed by atoms with E-state index in [1.165, 1.54) is 28.9 Å². The first-order valence-corrected chi connectivity index (χ1v) is 9.47. The van der Waals surface area contributed by atoms with E-state index in [2.05, 4.69) is 15.2 Å². The molecule has 1 aromatic carbocycles. The Bertz CT molecular complexity index is 1010. The van der Waals surface area contributed by atoms with Gasteiger partial charge in [-0.1, -0.05) is 11.3 Å². The standard InChI is InChI=1S/C17H12N4O4S2/c1-25-10-4-2-9(3-5-10)14(22)12-13(11-6-18-7-26-11)21(16(24)15(12)23)17-20-19-8-27-17/h2-8,13,22H,1H3/b14-12+. The van der Waals surface area contributed by atoms with Crippen molar-refractivity contribution in [3.05, 3.63) is 57.5 Å². The molecule has 0 aliphatic carbocycles. The van der Waals surface area contributed by atoms with Crippen molar-refractivity contribution in [3.63, 3.8) is 0 Å². The Labute approximate surface area is 161 Å². The minimum Gasteiger partial charge on any atom is -0.507 e. The molecule has 10 heteroatoms. The van der Waals surface area contributed by atoms with Crippen LogP contribution in [-0.2, 0) is 9.59 Å². The number of hydrogen-bond donors (Lipinski definition) is 1. The van der Waals surface area contributed by atoms with Crippen molar-refractivity contribution in [2.24, 2.45) is 0 Å². The van der Waals surface area contributed by atoms with Gasteiger partial charge in [0.15, 0.2) is 0 Å². The molecule has 1 saturated heterocycles. The number of carbonyl (C=O) groups is 2. The van der Waals surface area contributed by atoms with Gasteiger partial charge in [-0.05, 0) is 24.3 Å². The summed E-state index contributed by atoms with van der Waals surface area (Å²) in [4.78, 5) is 31.4. The molecule has 136 valence electrons. The van der Waals surface area contributed by atoms with Crippen molar-refractivity contribution in [2.45, 2.75) is 6.04 Å². The van der Waals surface area contributed by atoms with Gasteiger partial charge in [-0.3, -0.25) is 19.5 Å². The molecule has 1 fully saturated rings. The largest absolute Gasteiger partial charge is 0.507 e. The zero-order valence-corrected chi connectivity index (χ0v) is 15.5. The van der Waals surface area contributed by atoms with Crippen molar-refractivity contribution in [1.29, 1.82) is 0 Å². The van der Waals surface area contributed by atoms with E-state index in [4.69, 9.17) is 4.74 Å². The van der Waals surface area contributed by atoms with E-state index in [0.29, 0.717) is 16.2 Å². The lowest BCUT2D eigenvalue weighted by molar-refractivity contribution is -0.132. The summed E-state index contributed by atoms with van der Waals surface area (Å²) in [5, 5.41) is 18.8. The van der Waals surface area contributed by atoms with Gasteiger partial charge in [0.2, 0.25) is 5.13 Å². The molecule has 0 bridgehead atoms. The highest BCUT2D eigenvalue weighted by Gasteiger charge is 2.48. The first-order valence-electron chi connectivity index (χ1n) is 7.71. The van der Waals surface area contributed by atoms with Gasteiger partial charge in [0.1, 0.15) is 23.1 Å². The summed E-state index contributed by atoms with van der Waals surface area (Å²) in [6.45, 7) is 0. The molecule has 1 unspecified atom stereocenters. The van der Waals surface area contributed by atoms with Crippen molar-refractivity contribution in [3.8, 4) is 5.75 Å². The third kappa shape index (κ3) is 2.88. The van der Waals surface area contributed by atoms with Gasteiger partial charge in [-0.2, -0.15) is 0 Å². The maximum absolute atomic E-state index is 12.8. The van der Waals surface area contributed by atoms with Gasteiger partial charge in [0.25, 0.3) is 5.78 Å². The normalized spacial score (nSPS) is 18.9. The van der Waals surface area contributed by atoms with Crippen molar-refractivity contribution in [2.75, 3.05) is 12.0 Å². The zero-order chi connectivity index (χ0) is 19.0. The molecule has 8 nitrogen and oxygen atoms in total. The fourth-order valence-electron chi connectivity index (χ4n) is 2.84. The average molecular weight is 400 g/mol. The number of aliphatic hydroxyl groups is 1. The monoisotopic (exact) mass is 400 g/mol. The summed E-state index contributed by atoms with van der Waals surface area (Å²) < 4.78 is 5.11. The van der Waals surface area contributed by atoms with E-state index < -0.39 is 17.7 Å². The number of hydrogen-bond acceptors (Lipinski definition) is 9. The number of nitrogens with zero attached hydrogens (tertiary/aromatic N) is 4. The molecule has 0 radical (unpaired) electrons. The maximum atomic E-state index is 12.8. The van der Waals surface area contributed by atoms with Gasteiger partial charge >= 0.3 is 5.91 Å². The summed E-state index contributed by atoms with van der Waals surface area (Å²) in [5.41, 5.74) is 3.47. The third-order valence-electron chi connectivity index (χ3n) is 4.08. The van der Waals surface area contributed by atoms with Gasteiger partial charge < -0.3 is 9.84 Å². The number of amides is 1. The molecule has 27 heavy (non-hydrogen) atoms. The van der Waals surface area contributed by atoms with Crippen LogP contribution in [0.25, 0.3) is 5.76 Å². The molecule has 0 spiro atoms. The second kappa shape index (κ2) is 6.89. The molecular weight excluding hydrogens is 388 g/mol. The molecule has 0 saturated carbocycles. The van der Waals surface area contributed by atoms with Crippen LogP contribution in [0.15, 0.2) is 47.1 Å². The van der Waals surface area contributed by atoms with Crippen LogP contribution in [0.5, 0.6) is 5.75 Å². The summed E-state index contributed by atoms with van der Waals surface area (Å²) in [5.74, 6) is -1.20. The summed E-state index contributed by atoms with van der Waals surface area (Å²) in [7, 11) is 1.53. The van der Waals surface area contributed by atoms with Crippen LogP contribution in [0.4, 0.5) is 5.13 Å². The predicted molar refractivity (Wildman–Crippen MR) is 99.8 cm³/mol. The minimum atomic E-state index is -0.812. The summed E-state index contributed by atoms with van der Waals surface area (Å²) >= 11 is 2.42. The first-order chi connectivity index (χ1) is 13.1. The van der Waals surface area contributed by atoms with Crippen LogP contribution in [-0.4, -0.2) is 39.1 Å². The van der Waals surface area contributed by atoms with E-state index in [0.717, 1.165) is 11.3 Å². The van der Waals surface area contributed by atoms with E-state index >= 15 is 0 Å². The Hall–Kier alpha value is -3.11. The van der Waals surface area contributed by atoms with Crippen LogP contribution in [0, 0.1) is 0 Å². The fraction of sp³-hybridized carbons (Fsp3) is 0.118. The number of aromatic nitrogens is 3. The second-order valence-corrected chi connectivity index (χ2v) is 7.25. The highest BCUT2D eigenvalue weighted by molar-refractivity contribution is 7.13. The lowest BCUT2D eigenvalue weighted by Gasteiger charge is -2.20. The van der Waals surface area contributed by atoms with E-state index in [1.54, 1.807) is 36.0 Å². The molecule has 3 aromatic rings. The van der Waals surface area contributed by atoms with Crippen LogP contribution in [0.1, 0.15) is 16.5 Å². The number of benzene rings is 1. The van der Waals surface area contributed by atoms with Crippen LogP contribution in [0.3, 0.4) is 0 Å². The van der Waals surface area contributed by atoms with Gasteiger partial charge in [-0.15, -0.1) is 21.5 Å². The number of aliphatic hydroxyl groups excluding tert-OH is 1. The highest BCUT2D eigenvalue weighted by atomic mass is 32.1. The number of Topliss-reactive ketones (excluding diaryl/α,β-unsaturated/α-hetero) is 1. The SMILES string of the molecule is COc1ccc(/C(O)=C2\C(=O)C(=O)N(c3nncs3)C2c2cncs2)cc1. The summed E-state index contributed by atoms with van der Waals surface area (Å²) in [6.07, 6.45) is 1.57. The molecular formula is C17H12N4O4S2. The molecule has 1 aliphatic heterocycles.